The van der Waals surface area contributed by atoms with Crippen molar-refractivity contribution in [3.05, 3.63) is 35.4 Å². The van der Waals surface area contributed by atoms with Crippen LogP contribution in [-0.2, 0) is 18.4 Å². The molecule has 0 aliphatic heterocycles. The van der Waals surface area contributed by atoms with Crippen molar-refractivity contribution in [2.75, 3.05) is 19.8 Å². The van der Waals surface area contributed by atoms with Gasteiger partial charge in [0.15, 0.2) is 0 Å². The lowest BCUT2D eigenvalue weighted by molar-refractivity contribution is -0.162. The van der Waals surface area contributed by atoms with Gasteiger partial charge in [0.1, 0.15) is 0 Å². The molecule has 0 aliphatic rings. The molecule has 0 spiro atoms. The molecule has 0 heterocycles. The van der Waals surface area contributed by atoms with Crippen LogP contribution in [0.1, 0.15) is 44.0 Å². The number of rotatable bonds is 9. The van der Waals surface area contributed by atoms with Gasteiger partial charge in [-0.25, -0.2) is 5.06 Å². The average Bonchev–Trinajstić information content (AvgIpc) is 2.55. The molecule has 0 radical (unpaired) electrons. The van der Waals surface area contributed by atoms with Gasteiger partial charge in [-0.3, -0.25) is 14.6 Å². The molecular weight excluding hydrogens is 331 g/mol. The second kappa shape index (κ2) is 9.55. The van der Waals surface area contributed by atoms with Crippen molar-refractivity contribution in [2.45, 2.75) is 32.9 Å². The topological polar surface area (TPSA) is 99.9 Å². The smallest absolute Gasteiger partial charge is 0.308 e. The number of carbonyl (C=O) groups is 1. The molecule has 8 heteroatoms. The summed E-state index contributed by atoms with van der Waals surface area (Å²) in [5, 5.41) is 19.1. The van der Waals surface area contributed by atoms with Gasteiger partial charge in [0.2, 0.25) is 5.91 Å². The van der Waals surface area contributed by atoms with Crippen molar-refractivity contribution in [2.24, 2.45) is 0 Å². The molecule has 132 valence electrons. The zero-order chi connectivity index (χ0) is 18.2. The highest BCUT2D eigenvalue weighted by Gasteiger charge is 2.37. The predicted molar refractivity (Wildman–Crippen MR) is 88.5 cm³/mol. The Morgan fingerprint density at radius 1 is 1.29 bits per heavy atom. The molecule has 0 saturated carbocycles. The second-order valence-corrected chi connectivity index (χ2v) is 7.28. The maximum atomic E-state index is 13.2. The van der Waals surface area contributed by atoms with Gasteiger partial charge < -0.3 is 9.05 Å². The number of nitriles is 1. The molecule has 1 N–H and O–H groups in total. The summed E-state index contributed by atoms with van der Waals surface area (Å²) in [5.41, 5.74) is 0.489. The fourth-order valence-corrected chi connectivity index (χ4v) is 4.39. The molecule has 1 aromatic carbocycles. The largest absolute Gasteiger partial charge is 0.338 e. The Bertz CT molecular complexity index is 616. The van der Waals surface area contributed by atoms with E-state index in [9.17, 15) is 14.6 Å². The molecule has 1 unspecified atom stereocenters. The minimum atomic E-state index is -3.49. The predicted octanol–water partition coefficient (Wildman–Crippen LogP) is 3.49. The Balaban J connectivity index is 3.15. The summed E-state index contributed by atoms with van der Waals surface area (Å²) in [7, 11) is -3.49. The van der Waals surface area contributed by atoms with Crippen LogP contribution in [0.5, 0.6) is 0 Å². The molecule has 1 aromatic rings. The number of amides is 1. The van der Waals surface area contributed by atoms with Crippen molar-refractivity contribution in [3.8, 4) is 6.07 Å². The number of carbonyl (C=O) groups excluding carboxylic acids is 1. The van der Waals surface area contributed by atoms with Crippen molar-refractivity contribution >= 4 is 13.5 Å². The molecule has 0 bridgehead atoms. The Morgan fingerprint density at radius 2 is 1.83 bits per heavy atom. The van der Waals surface area contributed by atoms with Crippen molar-refractivity contribution < 1.29 is 23.6 Å². The molecular formula is C16H23N2O5P. The highest BCUT2D eigenvalue weighted by molar-refractivity contribution is 7.54. The van der Waals surface area contributed by atoms with Crippen LogP contribution in [0.2, 0.25) is 0 Å². The molecule has 1 rings (SSSR count). The van der Waals surface area contributed by atoms with Gasteiger partial charge in [0, 0.05) is 13.5 Å². The summed E-state index contributed by atoms with van der Waals surface area (Å²) < 4.78 is 24.0. The summed E-state index contributed by atoms with van der Waals surface area (Å²) in [6, 6.07) is 8.63. The molecule has 0 aromatic heterocycles. The Hall–Kier alpha value is -1.71. The summed E-state index contributed by atoms with van der Waals surface area (Å²) >= 11 is 0. The lowest BCUT2D eigenvalue weighted by Gasteiger charge is -2.27. The van der Waals surface area contributed by atoms with Gasteiger partial charge in [0.05, 0.1) is 30.5 Å². The molecule has 1 amide bonds. The van der Waals surface area contributed by atoms with Crippen LogP contribution in [-0.4, -0.2) is 35.9 Å². The van der Waals surface area contributed by atoms with E-state index in [1.165, 1.54) is 6.92 Å². The van der Waals surface area contributed by atoms with Gasteiger partial charge in [0.25, 0.3) is 0 Å². The van der Waals surface area contributed by atoms with Gasteiger partial charge in [-0.05, 0) is 38.0 Å². The molecule has 1 atom stereocenters. The van der Waals surface area contributed by atoms with Crippen LogP contribution < -0.4 is 0 Å². The highest BCUT2D eigenvalue weighted by Crippen LogP contribution is 2.62. The third kappa shape index (κ3) is 5.43. The number of benzene rings is 1. The number of hydroxylamine groups is 2. The van der Waals surface area contributed by atoms with Crippen LogP contribution in [0.3, 0.4) is 0 Å². The average molecular weight is 354 g/mol. The first-order valence-electron chi connectivity index (χ1n) is 7.73. The van der Waals surface area contributed by atoms with Crippen molar-refractivity contribution in [3.63, 3.8) is 0 Å². The van der Waals surface area contributed by atoms with E-state index in [1.54, 1.807) is 38.1 Å². The van der Waals surface area contributed by atoms with E-state index >= 15 is 0 Å². The van der Waals surface area contributed by atoms with Gasteiger partial charge in [-0.15, -0.1) is 0 Å². The van der Waals surface area contributed by atoms with E-state index in [0.717, 1.165) is 0 Å². The van der Waals surface area contributed by atoms with E-state index < -0.39 is 19.2 Å². The molecule has 0 fully saturated rings. The fourth-order valence-electron chi connectivity index (χ4n) is 2.27. The van der Waals surface area contributed by atoms with Crippen LogP contribution in [0.25, 0.3) is 0 Å². The Labute approximate surface area is 142 Å². The summed E-state index contributed by atoms with van der Waals surface area (Å²) in [6.07, 6.45) is 0.194. The lowest BCUT2D eigenvalue weighted by Crippen LogP contribution is -2.27. The summed E-state index contributed by atoms with van der Waals surface area (Å²) in [6.45, 7) is 5.08. The van der Waals surface area contributed by atoms with Gasteiger partial charge in [-0.1, -0.05) is 12.1 Å². The van der Waals surface area contributed by atoms with Crippen molar-refractivity contribution in [1.29, 1.82) is 5.26 Å². The zero-order valence-corrected chi connectivity index (χ0v) is 15.0. The maximum absolute atomic E-state index is 13.2. The Kier molecular flexibility index (Phi) is 8.09. The minimum absolute atomic E-state index is 0.00978. The fraction of sp³-hybridized carbons (Fsp3) is 0.500. The third-order valence-corrected chi connectivity index (χ3v) is 5.96. The molecule has 7 nitrogen and oxygen atoms in total. The first kappa shape index (κ1) is 20.3. The second-order valence-electron chi connectivity index (χ2n) is 5.06. The van der Waals surface area contributed by atoms with Crippen LogP contribution in [0.4, 0.5) is 0 Å². The standard InChI is InChI=1S/C16H23N2O5P/c1-4-22-24(21,23-5-2)16(10-11-18(20)13(3)19)15-8-6-14(12-17)7-9-15/h6-9,16,20H,4-5,10-11H2,1-3H3. The normalized spacial score (nSPS) is 12.5. The quantitative estimate of drug-likeness (QED) is 0.414. The third-order valence-electron chi connectivity index (χ3n) is 3.40. The monoisotopic (exact) mass is 354 g/mol. The summed E-state index contributed by atoms with van der Waals surface area (Å²) in [4.78, 5) is 11.2. The first-order chi connectivity index (χ1) is 11.4. The van der Waals surface area contributed by atoms with Crippen LogP contribution in [0.15, 0.2) is 24.3 Å². The lowest BCUT2D eigenvalue weighted by atomic mass is 10.1. The van der Waals surface area contributed by atoms with Crippen LogP contribution >= 0.6 is 7.60 Å². The van der Waals surface area contributed by atoms with E-state index in [0.29, 0.717) is 16.2 Å². The maximum Gasteiger partial charge on any atom is 0.338 e. The van der Waals surface area contributed by atoms with Gasteiger partial charge in [-0.2, -0.15) is 5.26 Å². The SMILES string of the molecule is CCOP(=O)(OCC)C(CCN(O)C(C)=O)c1ccc(C#N)cc1. The van der Waals surface area contributed by atoms with E-state index in [2.05, 4.69) is 0 Å². The number of hydrogen-bond acceptors (Lipinski definition) is 6. The van der Waals surface area contributed by atoms with Crippen LogP contribution in [0, 0.1) is 11.3 Å². The van der Waals surface area contributed by atoms with E-state index in [4.69, 9.17) is 14.3 Å². The van der Waals surface area contributed by atoms with E-state index in [-0.39, 0.29) is 26.2 Å². The minimum Gasteiger partial charge on any atom is -0.308 e. The van der Waals surface area contributed by atoms with Crippen molar-refractivity contribution in [1.82, 2.24) is 5.06 Å². The zero-order valence-electron chi connectivity index (χ0n) is 14.1. The molecule has 24 heavy (non-hydrogen) atoms. The number of nitrogens with zero attached hydrogens (tertiary/aromatic N) is 2. The Morgan fingerprint density at radius 3 is 2.25 bits per heavy atom. The highest BCUT2D eigenvalue weighted by atomic mass is 31.2. The van der Waals surface area contributed by atoms with E-state index in [1.807, 2.05) is 6.07 Å². The first-order valence-corrected chi connectivity index (χ1v) is 9.35. The van der Waals surface area contributed by atoms with Gasteiger partial charge >= 0.3 is 7.60 Å². The molecule has 0 aliphatic carbocycles. The summed E-state index contributed by atoms with van der Waals surface area (Å²) in [5.74, 6) is -0.503. The number of hydrogen-bond donors (Lipinski definition) is 1. The molecule has 0 saturated heterocycles.